The van der Waals surface area contributed by atoms with E-state index in [-0.39, 0.29) is 13.0 Å². The maximum atomic E-state index is 12.9. The van der Waals surface area contributed by atoms with Crippen LogP contribution in [0.25, 0.3) is 0 Å². The van der Waals surface area contributed by atoms with E-state index in [1.165, 1.54) is 0 Å². The molecule has 12 heavy (non-hydrogen) atoms. The van der Waals surface area contributed by atoms with Gasteiger partial charge in [0.05, 0.1) is 0 Å². The maximum absolute atomic E-state index is 12.9. The van der Waals surface area contributed by atoms with Gasteiger partial charge in [-0.1, -0.05) is 0 Å². The van der Waals surface area contributed by atoms with Gasteiger partial charge in [0.15, 0.2) is 6.30 Å². The van der Waals surface area contributed by atoms with Crippen LogP contribution >= 0.6 is 0 Å². The molecule has 0 aliphatic carbocycles. The van der Waals surface area contributed by atoms with Crippen LogP contribution in [0.1, 0.15) is 6.42 Å². The van der Waals surface area contributed by atoms with Gasteiger partial charge < -0.3 is 10.2 Å². The van der Waals surface area contributed by atoms with Crippen LogP contribution in [0.5, 0.6) is 0 Å². The molecule has 0 aromatic carbocycles. The molecule has 68 valence electrons. The van der Waals surface area contributed by atoms with E-state index in [0.29, 0.717) is 4.90 Å². The number of alkyl halides is 1. The standard InChI is InChI=1S/C6H8FNO4/c7-4-3(5(9)10)1-2-8(4)6(11)12/h3-4H,1-2H2,(H,9,10)(H,11,12). The fourth-order valence-electron chi connectivity index (χ4n) is 1.20. The number of carboxylic acid groups (broad SMARTS) is 2. The Morgan fingerprint density at radius 2 is 2.00 bits per heavy atom. The van der Waals surface area contributed by atoms with Gasteiger partial charge in [-0.3, -0.25) is 9.69 Å². The molecular weight excluding hydrogens is 169 g/mol. The Kier molecular flexibility index (Phi) is 2.16. The first-order valence-electron chi connectivity index (χ1n) is 3.40. The van der Waals surface area contributed by atoms with Gasteiger partial charge in [-0.2, -0.15) is 0 Å². The topological polar surface area (TPSA) is 77.8 Å². The Bertz CT molecular complexity index is 198. The van der Waals surface area contributed by atoms with E-state index in [9.17, 15) is 14.0 Å². The minimum absolute atomic E-state index is 0.0444. The summed E-state index contributed by atoms with van der Waals surface area (Å²) in [6, 6.07) is 0. The zero-order valence-corrected chi connectivity index (χ0v) is 6.11. The van der Waals surface area contributed by atoms with Crippen molar-refractivity contribution >= 4 is 12.1 Å². The average Bonchev–Trinajstić information content (AvgIpc) is 2.30. The second-order valence-corrected chi connectivity index (χ2v) is 2.58. The van der Waals surface area contributed by atoms with Gasteiger partial charge >= 0.3 is 12.1 Å². The summed E-state index contributed by atoms with van der Waals surface area (Å²) in [6.45, 7) is -0.0481. The summed E-state index contributed by atoms with van der Waals surface area (Å²) in [4.78, 5) is 21.1. The van der Waals surface area contributed by atoms with Gasteiger partial charge in [-0.15, -0.1) is 0 Å². The maximum Gasteiger partial charge on any atom is 0.409 e. The number of aliphatic carboxylic acids is 1. The molecule has 0 radical (unpaired) electrons. The molecule has 2 unspecified atom stereocenters. The van der Waals surface area contributed by atoms with Crippen molar-refractivity contribution in [3.05, 3.63) is 0 Å². The molecule has 1 fully saturated rings. The third-order valence-electron chi connectivity index (χ3n) is 1.87. The molecule has 1 amide bonds. The molecule has 0 aromatic heterocycles. The van der Waals surface area contributed by atoms with Crippen LogP contribution in [0.2, 0.25) is 0 Å². The van der Waals surface area contributed by atoms with Gasteiger partial charge in [0.1, 0.15) is 5.92 Å². The predicted molar refractivity (Wildman–Crippen MR) is 35.4 cm³/mol. The van der Waals surface area contributed by atoms with Crippen LogP contribution in [0, 0.1) is 5.92 Å². The third-order valence-corrected chi connectivity index (χ3v) is 1.87. The molecule has 1 heterocycles. The summed E-state index contributed by atoms with van der Waals surface area (Å²) in [5.74, 6) is -2.49. The summed E-state index contributed by atoms with van der Waals surface area (Å²) in [7, 11) is 0. The highest BCUT2D eigenvalue weighted by Gasteiger charge is 2.41. The summed E-state index contributed by atoms with van der Waals surface area (Å²) in [6.07, 6.45) is -3.27. The number of likely N-dealkylation sites (tertiary alicyclic amines) is 1. The lowest BCUT2D eigenvalue weighted by Crippen LogP contribution is -2.35. The Balaban J connectivity index is 2.67. The van der Waals surface area contributed by atoms with Crippen molar-refractivity contribution in [2.45, 2.75) is 12.7 Å². The molecule has 0 aromatic rings. The Hall–Kier alpha value is -1.33. The van der Waals surface area contributed by atoms with Crippen LogP contribution < -0.4 is 0 Å². The molecule has 1 rings (SSSR count). The number of amides is 1. The van der Waals surface area contributed by atoms with E-state index in [1.807, 2.05) is 0 Å². The molecule has 1 saturated heterocycles. The van der Waals surface area contributed by atoms with Gasteiger partial charge in [0.25, 0.3) is 0 Å². The molecule has 2 N–H and O–H groups in total. The lowest BCUT2D eigenvalue weighted by atomic mass is 10.1. The number of nitrogens with zero attached hydrogens (tertiary/aromatic N) is 1. The highest BCUT2D eigenvalue weighted by atomic mass is 19.1. The quantitative estimate of drug-likeness (QED) is 0.567. The van der Waals surface area contributed by atoms with Crippen molar-refractivity contribution in [2.24, 2.45) is 5.92 Å². The minimum atomic E-state index is -1.90. The van der Waals surface area contributed by atoms with E-state index in [2.05, 4.69) is 0 Å². The molecule has 5 nitrogen and oxygen atoms in total. The first-order chi connectivity index (χ1) is 5.54. The number of hydrogen-bond donors (Lipinski definition) is 2. The molecule has 0 saturated carbocycles. The predicted octanol–water partition coefficient (Wildman–Crippen LogP) is 0.366. The number of carbonyl (C=O) groups is 2. The van der Waals surface area contributed by atoms with Crippen LogP contribution in [-0.4, -0.2) is 40.0 Å². The van der Waals surface area contributed by atoms with Crippen LogP contribution in [0.15, 0.2) is 0 Å². The number of hydrogen-bond acceptors (Lipinski definition) is 2. The van der Waals surface area contributed by atoms with Crippen molar-refractivity contribution in [1.29, 1.82) is 0 Å². The zero-order chi connectivity index (χ0) is 9.30. The molecule has 0 spiro atoms. The lowest BCUT2D eigenvalue weighted by Gasteiger charge is -2.15. The second-order valence-electron chi connectivity index (χ2n) is 2.58. The Labute approximate surface area is 67.4 Å². The zero-order valence-electron chi connectivity index (χ0n) is 6.11. The normalized spacial score (nSPS) is 28.9. The molecule has 2 atom stereocenters. The van der Waals surface area contributed by atoms with E-state index >= 15 is 0 Å². The summed E-state index contributed by atoms with van der Waals surface area (Å²) >= 11 is 0. The Morgan fingerprint density at radius 3 is 2.25 bits per heavy atom. The average molecular weight is 177 g/mol. The van der Waals surface area contributed by atoms with Crippen molar-refractivity contribution in [3.8, 4) is 0 Å². The van der Waals surface area contributed by atoms with Crippen molar-refractivity contribution in [1.82, 2.24) is 4.90 Å². The first kappa shape index (κ1) is 8.76. The lowest BCUT2D eigenvalue weighted by molar-refractivity contribution is -0.144. The van der Waals surface area contributed by atoms with Crippen LogP contribution in [0.4, 0.5) is 9.18 Å². The Morgan fingerprint density at radius 1 is 1.42 bits per heavy atom. The van der Waals surface area contributed by atoms with E-state index in [4.69, 9.17) is 10.2 Å². The molecule has 1 aliphatic rings. The molecular formula is C6H8FNO4. The number of halogens is 1. The third kappa shape index (κ3) is 1.32. The fourth-order valence-corrected chi connectivity index (χ4v) is 1.20. The van der Waals surface area contributed by atoms with E-state index in [1.54, 1.807) is 0 Å². The fraction of sp³-hybridized carbons (Fsp3) is 0.667. The van der Waals surface area contributed by atoms with E-state index < -0.39 is 24.3 Å². The number of carboxylic acids is 1. The van der Waals surface area contributed by atoms with Gasteiger partial charge in [-0.05, 0) is 6.42 Å². The highest BCUT2D eigenvalue weighted by Crippen LogP contribution is 2.25. The van der Waals surface area contributed by atoms with Gasteiger partial charge in [-0.25, -0.2) is 9.18 Å². The summed E-state index contributed by atoms with van der Waals surface area (Å²) in [5.41, 5.74) is 0. The van der Waals surface area contributed by atoms with Gasteiger partial charge in [0.2, 0.25) is 0 Å². The highest BCUT2D eigenvalue weighted by molar-refractivity contribution is 5.73. The summed E-state index contributed by atoms with van der Waals surface area (Å²) in [5, 5.41) is 16.8. The second kappa shape index (κ2) is 2.96. The van der Waals surface area contributed by atoms with Crippen LogP contribution in [0.3, 0.4) is 0 Å². The van der Waals surface area contributed by atoms with Crippen molar-refractivity contribution < 1.29 is 24.2 Å². The van der Waals surface area contributed by atoms with Crippen molar-refractivity contribution in [3.63, 3.8) is 0 Å². The molecule has 6 heteroatoms. The monoisotopic (exact) mass is 177 g/mol. The largest absolute Gasteiger partial charge is 0.481 e. The summed E-state index contributed by atoms with van der Waals surface area (Å²) < 4.78 is 12.9. The van der Waals surface area contributed by atoms with Crippen LogP contribution in [-0.2, 0) is 4.79 Å². The van der Waals surface area contributed by atoms with E-state index in [0.717, 1.165) is 0 Å². The first-order valence-corrected chi connectivity index (χ1v) is 3.40. The smallest absolute Gasteiger partial charge is 0.409 e. The molecule has 0 bridgehead atoms. The van der Waals surface area contributed by atoms with Gasteiger partial charge in [0, 0.05) is 6.54 Å². The molecule has 1 aliphatic heterocycles. The minimum Gasteiger partial charge on any atom is -0.481 e. The number of rotatable bonds is 1. The SMILES string of the molecule is O=C(O)C1CCN(C(=O)O)C1F. The van der Waals surface area contributed by atoms with Crippen molar-refractivity contribution in [2.75, 3.05) is 6.54 Å².